The SMILES string of the molecule is COc1cc(C2CCC([C@@H](C)C(=O)Cc3ccc(Cl)cc3)CC2)ccn1.COc1cc(C2CCC([C@H](C)C(=O)Cc3ccc(Cl)cc3)CC2)ccn1. The maximum atomic E-state index is 12.7. The lowest BCUT2D eigenvalue weighted by molar-refractivity contribution is -0.124. The summed E-state index contributed by atoms with van der Waals surface area (Å²) in [5.41, 5.74) is 4.69. The van der Waals surface area contributed by atoms with Crippen molar-refractivity contribution < 1.29 is 19.1 Å². The van der Waals surface area contributed by atoms with Crippen LogP contribution >= 0.6 is 23.2 Å². The summed E-state index contributed by atoms with van der Waals surface area (Å²) in [6, 6.07) is 23.4. The average Bonchev–Trinajstić information content (AvgIpc) is 3.19. The van der Waals surface area contributed by atoms with Crippen molar-refractivity contribution >= 4 is 34.8 Å². The summed E-state index contributed by atoms with van der Waals surface area (Å²) in [6.07, 6.45) is 13.5. The number of hydrogen-bond acceptors (Lipinski definition) is 6. The predicted molar refractivity (Wildman–Crippen MR) is 210 cm³/mol. The zero-order chi connectivity index (χ0) is 37.0. The molecule has 6 rings (SSSR count). The molecule has 2 heterocycles. The van der Waals surface area contributed by atoms with Gasteiger partial charge < -0.3 is 9.47 Å². The average molecular weight is 744 g/mol. The van der Waals surface area contributed by atoms with E-state index in [1.807, 2.05) is 73.1 Å². The molecule has 52 heavy (non-hydrogen) atoms. The quantitative estimate of drug-likeness (QED) is 0.144. The van der Waals surface area contributed by atoms with Gasteiger partial charge in [0.1, 0.15) is 11.6 Å². The Bertz CT molecular complexity index is 1600. The molecule has 0 bridgehead atoms. The first-order valence-corrected chi connectivity index (χ1v) is 19.4. The van der Waals surface area contributed by atoms with Crippen LogP contribution in [0.15, 0.2) is 85.2 Å². The third-order valence-electron chi connectivity index (χ3n) is 11.4. The number of Topliss-reactive ketones (excluding diaryl/α,β-unsaturated/α-hetero) is 2. The molecule has 0 saturated heterocycles. The van der Waals surface area contributed by atoms with Crippen molar-refractivity contribution in [3.05, 3.63) is 117 Å². The first-order valence-electron chi connectivity index (χ1n) is 18.7. The number of ether oxygens (including phenoxy) is 2. The highest BCUT2D eigenvalue weighted by atomic mass is 35.5. The van der Waals surface area contributed by atoms with Gasteiger partial charge >= 0.3 is 0 Å². The van der Waals surface area contributed by atoms with Gasteiger partial charge in [-0.1, -0.05) is 61.3 Å². The monoisotopic (exact) mass is 742 g/mol. The van der Waals surface area contributed by atoms with Crippen molar-refractivity contribution in [2.24, 2.45) is 23.7 Å². The van der Waals surface area contributed by atoms with Crippen LogP contribution in [0.2, 0.25) is 10.0 Å². The van der Waals surface area contributed by atoms with Crippen LogP contribution in [-0.4, -0.2) is 35.8 Å². The number of methoxy groups -OCH3 is 2. The topological polar surface area (TPSA) is 78.4 Å². The van der Waals surface area contributed by atoms with E-state index in [1.54, 1.807) is 14.2 Å². The third kappa shape index (κ3) is 11.1. The van der Waals surface area contributed by atoms with E-state index in [9.17, 15) is 9.59 Å². The number of benzene rings is 2. The van der Waals surface area contributed by atoms with Crippen LogP contribution in [0.1, 0.15) is 99.3 Å². The van der Waals surface area contributed by atoms with Gasteiger partial charge in [-0.2, -0.15) is 0 Å². The Hall–Kier alpha value is -3.74. The second-order valence-electron chi connectivity index (χ2n) is 14.6. The maximum absolute atomic E-state index is 12.7. The van der Waals surface area contributed by atoms with Crippen molar-refractivity contribution in [1.29, 1.82) is 0 Å². The lowest BCUT2D eigenvalue weighted by Crippen LogP contribution is -2.26. The number of carbonyl (C=O) groups excluding carboxylic acids is 2. The van der Waals surface area contributed by atoms with Crippen LogP contribution in [0.25, 0.3) is 0 Å². The Labute approximate surface area is 319 Å². The van der Waals surface area contributed by atoms with E-state index in [-0.39, 0.29) is 11.8 Å². The van der Waals surface area contributed by atoms with E-state index in [1.165, 1.54) is 11.1 Å². The van der Waals surface area contributed by atoms with E-state index >= 15 is 0 Å². The summed E-state index contributed by atoms with van der Waals surface area (Å²) in [5, 5.41) is 1.42. The molecule has 6 nitrogen and oxygen atoms in total. The molecule has 8 heteroatoms. The molecule has 2 saturated carbocycles. The van der Waals surface area contributed by atoms with E-state index in [4.69, 9.17) is 32.7 Å². The molecule has 2 fully saturated rings. The molecule has 2 aromatic carbocycles. The fourth-order valence-corrected chi connectivity index (χ4v) is 8.19. The lowest BCUT2D eigenvalue weighted by Gasteiger charge is -2.32. The number of aromatic nitrogens is 2. The number of rotatable bonds is 12. The Kier molecular flexibility index (Phi) is 14.7. The van der Waals surface area contributed by atoms with Gasteiger partial charge in [0.25, 0.3) is 0 Å². The van der Waals surface area contributed by atoms with Gasteiger partial charge in [-0.05, 0) is 134 Å². The van der Waals surface area contributed by atoms with Crippen LogP contribution in [0, 0.1) is 23.7 Å². The summed E-state index contributed by atoms with van der Waals surface area (Å²) in [7, 11) is 3.30. The first-order chi connectivity index (χ1) is 25.1. The van der Waals surface area contributed by atoms with E-state index < -0.39 is 0 Å². The summed E-state index contributed by atoms with van der Waals surface area (Å²) < 4.78 is 10.5. The Morgan fingerprint density at radius 3 is 1.27 bits per heavy atom. The number of ketones is 2. The number of nitrogens with zero attached hydrogens (tertiary/aromatic N) is 2. The molecule has 2 aliphatic carbocycles. The van der Waals surface area contributed by atoms with Crippen molar-refractivity contribution in [3.63, 3.8) is 0 Å². The van der Waals surface area contributed by atoms with Crippen molar-refractivity contribution in [2.75, 3.05) is 14.2 Å². The molecule has 0 N–H and O–H groups in total. The molecular weight excluding hydrogens is 691 g/mol. The standard InChI is InChI=1S/2C22H26ClNO2/c2*1-15(21(25)13-16-3-9-20(23)10-4-16)17-5-7-18(8-6-17)19-11-12-24-22(14-19)26-2/h2*3-4,9-12,14-15,17-18H,5-8,13H2,1-2H3/t2*15-,17?,18?/m10/s1. The summed E-state index contributed by atoms with van der Waals surface area (Å²) in [5.74, 6) is 4.29. The lowest BCUT2D eigenvalue weighted by atomic mass is 9.73. The molecule has 2 aliphatic rings. The predicted octanol–water partition coefficient (Wildman–Crippen LogP) is 10.9. The minimum absolute atomic E-state index is 0.110. The Morgan fingerprint density at radius 1 is 0.596 bits per heavy atom. The van der Waals surface area contributed by atoms with Gasteiger partial charge in [0.15, 0.2) is 0 Å². The minimum atomic E-state index is 0.110. The summed E-state index contributed by atoms with van der Waals surface area (Å²) >= 11 is 11.8. The summed E-state index contributed by atoms with van der Waals surface area (Å²) in [6.45, 7) is 4.19. The van der Waals surface area contributed by atoms with Gasteiger partial charge in [0, 0.05) is 59.2 Å². The van der Waals surface area contributed by atoms with E-state index in [0.29, 0.717) is 69.9 Å². The number of hydrogen-bond donors (Lipinski definition) is 0. The first kappa shape index (κ1) is 39.5. The fraction of sp³-hybridized carbons (Fsp3) is 0.455. The highest BCUT2D eigenvalue weighted by Gasteiger charge is 2.31. The van der Waals surface area contributed by atoms with Crippen molar-refractivity contribution in [1.82, 2.24) is 9.97 Å². The van der Waals surface area contributed by atoms with Crippen LogP contribution in [0.5, 0.6) is 11.8 Å². The largest absolute Gasteiger partial charge is 0.481 e. The normalized spacial score (nSPS) is 21.2. The second-order valence-corrected chi connectivity index (χ2v) is 15.5. The van der Waals surface area contributed by atoms with Gasteiger partial charge in [-0.3, -0.25) is 9.59 Å². The third-order valence-corrected chi connectivity index (χ3v) is 11.9. The molecule has 0 radical (unpaired) electrons. The minimum Gasteiger partial charge on any atom is -0.481 e. The molecule has 0 aliphatic heterocycles. The molecule has 276 valence electrons. The van der Waals surface area contributed by atoms with Crippen molar-refractivity contribution in [2.45, 2.75) is 89.9 Å². The zero-order valence-electron chi connectivity index (χ0n) is 30.9. The van der Waals surface area contributed by atoms with Crippen molar-refractivity contribution in [3.8, 4) is 11.8 Å². The molecule has 0 spiro atoms. The van der Waals surface area contributed by atoms with Gasteiger partial charge in [0.05, 0.1) is 14.2 Å². The molecular formula is C44H52Cl2N2O4. The Balaban J connectivity index is 0.000000201. The molecule has 2 atom stereocenters. The fourth-order valence-electron chi connectivity index (χ4n) is 7.94. The molecule has 2 aromatic heterocycles. The highest BCUT2D eigenvalue weighted by Crippen LogP contribution is 2.41. The van der Waals surface area contributed by atoms with Crippen LogP contribution in [0.3, 0.4) is 0 Å². The van der Waals surface area contributed by atoms with Gasteiger partial charge in [0.2, 0.25) is 11.8 Å². The zero-order valence-corrected chi connectivity index (χ0v) is 32.4. The van der Waals surface area contributed by atoms with Gasteiger partial charge in [-0.15, -0.1) is 0 Å². The van der Waals surface area contributed by atoms with Gasteiger partial charge in [-0.25, -0.2) is 9.97 Å². The van der Waals surface area contributed by atoms with E-state index in [2.05, 4.69) is 35.9 Å². The number of halogens is 2. The van der Waals surface area contributed by atoms with Crippen LogP contribution < -0.4 is 9.47 Å². The Morgan fingerprint density at radius 2 is 0.942 bits per heavy atom. The van der Waals surface area contributed by atoms with E-state index in [0.717, 1.165) is 62.5 Å². The maximum Gasteiger partial charge on any atom is 0.213 e. The molecule has 0 unspecified atom stereocenters. The molecule has 0 amide bonds. The summed E-state index contributed by atoms with van der Waals surface area (Å²) in [4.78, 5) is 33.7. The number of pyridine rings is 2. The van der Waals surface area contributed by atoms with Crippen LogP contribution in [0.4, 0.5) is 0 Å². The smallest absolute Gasteiger partial charge is 0.213 e. The van der Waals surface area contributed by atoms with Crippen LogP contribution in [-0.2, 0) is 22.4 Å². The molecule has 4 aromatic rings. The highest BCUT2D eigenvalue weighted by molar-refractivity contribution is 6.30. The number of carbonyl (C=O) groups is 2. The second kappa shape index (κ2) is 19.4.